The van der Waals surface area contributed by atoms with Gasteiger partial charge in [-0.1, -0.05) is 0 Å². The Morgan fingerprint density at radius 1 is 1.57 bits per heavy atom. The molecule has 8 nitrogen and oxygen atoms in total. The Morgan fingerprint density at radius 3 is 2.95 bits per heavy atom. The molecular weight excluding hydrogens is 296 g/mol. The first-order valence-electron chi connectivity index (χ1n) is 6.75. The number of nitrogens with zero attached hydrogens (tertiary/aromatic N) is 4. The molecule has 1 saturated heterocycles. The van der Waals surface area contributed by atoms with Crippen LogP contribution in [0.3, 0.4) is 0 Å². The number of likely N-dealkylation sites (N-methyl/N-ethyl adjacent to an activating group) is 1. The Kier molecular flexibility index (Phi) is 5.33. The van der Waals surface area contributed by atoms with Crippen LogP contribution >= 0.6 is 0 Å². The van der Waals surface area contributed by atoms with Crippen LogP contribution in [0, 0.1) is 0 Å². The van der Waals surface area contributed by atoms with Crippen molar-refractivity contribution in [3.63, 3.8) is 0 Å². The first-order chi connectivity index (χ1) is 9.95. The molecule has 1 aromatic heterocycles. The third-order valence-electron chi connectivity index (χ3n) is 3.46. The van der Waals surface area contributed by atoms with Gasteiger partial charge >= 0.3 is 0 Å². The van der Waals surface area contributed by atoms with E-state index < -0.39 is 10.2 Å². The lowest BCUT2D eigenvalue weighted by atomic mass is 10.2. The third-order valence-corrected chi connectivity index (χ3v) is 5.41. The molecule has 0 amide bonds. The fourth-order valence-electron chi connectivity index (χ4n) is 2.18. The number of aryl methyl sites for hydroxylation is 1. The largest absolute Gasteiger partial charge is 0.383 e. The summed E-state index contributed by atoms with van der Waals surface area (Å²) < 4.78 is 40.0. The molecule has 1 aliphatic heterocycles. The fourth-order valence-corrected chi connectivity index (χ4v) is 3.50. The van der Waals surface area contributed by atoms with Crippen molar-refractivity contribution >= 4 is 10.2 Å². The summed E-state index contributed by atoms with van der Waals surface area (Å²) in [6, 6.07) is 0. The quantitative estimate of drug-likeness (QED) is 0.714. The Hall–Kier alpha value is -1.00. The van der Waals surface area contributed by atoms with E-state index >= 15 is 0 Å². The minimum Gasteiger partial charge on any atom is -0.383 e. The number of hydrogen-bond acceptors (Lipinski definition) is 5. The Morgan fingerprint density at radius 2 is 2.33 bits per heavy atom. The Labute approximate surface area is 125 Å². The van der Waals surface area contributed by atoms with Gasteiger partial charge in [0.15, 0.2) is 0 Å². The van der Waals surface area contributed by atoms with E-state index in [9.17, 15) is 8.42 Å². The van der Waals surface area contributed by atoms with Crippen molar-refractivity contribution in [2.75, 3.05) is 47.0 Å². The fraction of sp³-hybridized carbons (Fsp3) is 0.750. The summed E-state index contributed by atoms with van der Waals surface area (Å²) in [6.45, 7) is 1.72. The van der Waals surface area contributed by atoms with E-state index in [1.54, 1.807) is 25.0 Å². The van der Waals surface area contributed by atoms with Gasteiger partial charge in [-0.25, -0.2) is 0 Å². The molecule has 2 heterocycles. The second kappa shape index (κ2) is 6.84. The minimum atomic E-state index is -3.49. The lowest BCUT2D eigenvalue weighted by molar-refractivity contribution is -0.00428. The average Bonchev–Trinajstić information content (AvgIpc) is 2.91. The van der Waals surface area contributed by atoms with Gasteiger partial charge in [-0.3, -0.25) is 4.68 Å². The molecule has 1 atom stereocenters. The summed E-state index contributed by atoms with van der Waals surface area (Å²) in [5.41, 5.74) is 0.886. The van der Waals surface area contributed by atoms with Crippen LogP contribution in [0.15, 0.2) is 12.4 Å². The zero-order valence-corrected chi connectivity index (χ0v) is 13.4. The predicted octanol–water partition coefficient (Wildman–Crippen LogP) is -0.384. The zero-order valence-electron chi connectivity index (χ0n) is 12.6. The predicted molar refractivity (Wildman–Crippen MR) is 76.9 cm³/mol. The highest BCUT2D eigenvalue weighted by molar-refractivity contribution is 7.86. The van der Waals surface area contributed by atoms with Crippen LogP contribution in [0.5, 0.6) is 0 Å². The Bertz CT molecular complexity index is 559. The van der Waals surface area contributed by atoms with Crippen LogP contribution in [-0.2, 0) is 26.7 Å². The molecule has 9 heteroatoms. The number of ether oxygens (including phenoxy) is 2. The monoisotopic (exact) mass is 318 g/mol. The van der Waals surface area contributed by atoms with Crippen LogP contribution in [-0.4, -0.2) is 73.8 Å². The number of morpholine rings is 1. The summed E-state index contributed by atoms with van der Waals surface area (Å²) in [4.78, 5) is 0. The lowest BCUT2D eigenvalue weighted by Gasteiger charge is -2.34. The average molecular weight is 318 g/mol. The molecule has 0 bridgehead atoms. The smallest absolute Gasteiger partial charge is 0.281 e. The lowest BCUT2D eigenvalue weighted by Crippen LogP contribution is -2.48. The summed E-state index contributed by atoms with van der Waals surface area (Å²) in [5, 5.41) is 4.10. The van der Waals surface area contributed by atoms with Gasteiger partial charge in [-0.05, 0) is 0 Å². The van der Waals surface area contributed by atoms with E-state index in [1.165, 1.54) is 8.61 Å². The highest BCUT2D eigenvalue weighted by atomic mass is 32.2. The van der Waals surface area contributed by atoms with Crippen LogP contribution in [0.25, 0.3) is 0 Å². The molecule has 0 saturated carbocycles. The van der Waals surface area contributed by atoms with Gasteiger partial charge in [0.1, 0.15) is 0 Å². The standard InChI is InChI=1S/C12H22N4O4S/c1-14-9-11(8-13-14)12-10-16(5-7-20-12)21(17,18)15(2)4-6-19-3/h8-9,12H,4-7,10H2,1-3H3/t12-/m0/s1. The van der Waals surface area contributed by atoms with Gasteiger partial charge < -0.3 is 9.47 Å². The summed E-state index contributed by atoms with van der Waals surface area (Å²) in [5.74, 6) is 0. The minimum absolute atomic E-state index is 0.280. The number of aromatic nitrogens is 2. The zero-order chi connectivity index (χ0) is 15.5. The number of hydrogen-bond donors (Lipinski definition) is 0. The van der Waals surface area contributed by atoms with Gasteiger partial charge in [-0.2, -0.15) is 22.1 Å². The van der Waals surface area contributed by atoms with Crippen molar-refractivity contribution < 1.29 is 17.9 Å². The molecule has 120 valence electrons. The van der Waals surface area contributed by atoms with Crippen molar-refractivity contribution in [3.05, 3.63) is 18.0 Å². The highest BCUT2D eigenvalue weighted by Crippen LogP contribution is 2.24. The summed E-state index contributed by atoms with van der Waals surface area (Å²) in [7, 11) is 1.44. The van der Waals surface area contributed by atoms with Gasteiger partial charge in [-0.15, -0.1) is 0 Å². The first kappa shape index (κ1) is 16.4. The van der Waals surface area contributed by atoms with Crippen molar-refractivity contribution in [2.24, 2.45) is 7.05 Å². The summed E-state index contributed by atoms with van der Waals surface area (Å²) >= 11 is 0. The second-order valence-electron chi connectivity index (χ2n) is 4.99. The molecule has 1 aliphatic rings. The normalized spacial score (nSPS) is 21.0. The SMILES string of the molecule is COCCN(C)S(=O)(=O)N1CCO[C@H](c2cnn(C)c2)C1. The maximum atomic E-state index is 12.5. The van der Waals surface area contributed by atoms with E-state index in [0.717, 1.165) is 5.56 Å². The Balaban J connectivity index is 2.06. The molecule has 0 aromatic carbocycles. The van der Waals surface area contributed by atoms with Crippen molar-refractivity contribution in [2.45, 2.75) is 6.10 Å². The van der Waals surface area contributed by atoms with Gasteiger partial charge in [0.25, 0.3) is 10.2 Å². The van der Waals surface area contributed by atoms with Crippen molar-refractivity contribution in [3.8, 4) is 0 Å². The maximum absolute atomic E-state index is 12.5. The highest BCUT2D eigenvalue weighted by Gasteiger charge is 2.33. The van der Waals surface area contributed by atoms with Crippen LogP contribution in [0.1, 0.15) is 11.7 Å². The molecule has 0 unspecified atom stereocenters. The van der Waals surface area contributed by atoms with E-state index in [2.05, 4.69) is 5.10 Å². The van der Waals surface area contributed by atoms with Crippen molar-refractivity contribution in [1.82, 2.24) is 18.4 Å². The van der Waals surface area contributed by atoms with E-state index in [1.807, 2.05) is 13.2 Å². The summed E-state index contributed by atoms with van der Waals surface area (Å²) in [6.07, 6.45) is 3.27. The molecule has 1 fully saturated rings. The second-order valence-corrected chi connectivity index (χ2v) is 7.02. The van der Waals surface area contributed by atoms with E-state index in [4.69, 9.17) is 9.47 Å². The van der Waals surface area contributed by atoms with Gasteiger partial charge in [0.05, 0.1) is 25.5 Å². The molecule has 0 radical (unpaired) electrons. The third kappa shape index (κ3) is 3.80. The molecule has 1 aromatic rings. The topological polar surface area (TPSA) is 76.9 Å². The molecule has 0 spiro atoms. The molecular formula is C12H22N4O4S. The van der Waals surface area contributed by atoms with Crippen molar-refractivity contribution in [1.29, 1.82) is 0 Å². The number of rotatable bonds is 6. The van der Waals surface area contributed by atoms with E-state index in [-0.39, 0.29) is 6.10 Å². The molecule has 2 rings (SSSR count). The van der Waals surface area contributed by atoms with Crippen LogP contribution in [0.4, 0.5) is 0 Å². The van der Waals surface area contributed by atoms with Crippen LogP contribution < -0.4 is 0 Å². The number of methoxy groups -OCH3 is 1. The molecule has 0 N–H and O–H groups in total. The maximum Gasteiger partial charge on any atom is 0.281 e. The van der Waals surface area contributed by atoms with E-state index in [0.29, 0.717) is 32.8 Å². The van der Waals surface area contributed by atoms with Gasteiger partial charge in [0.2, 0.25) is 0 Å². The van der Waals surface area contributed by atoms with Gasteiger partial charge in [0, 0.05) is 52.6 Å². The molecule has 0 aliphatic carbocycles. The van der Waals surface area contributed by atoms with Crippen LogP contribution in [0.2, 0.25) is 0 Å². The molecule has 21 heavy (non-hydrogen) atoms. The first-order valence-corrected chi connectivity index (χ1v) is 8.15.